The molecule has 8 heteroatoms. The summed E-state index contributed by atoms with van der Waals surface area (Å²) >= 11 is 0. The maximum absolute atomic E-state index is 14.9. The van der Waals surface area contributed by atoms with Crippen LogP contribution in [0, 0.1) is 12.7 Å². The van der Waals surface area contributed by atoms with Crippen LogP contribution >= 0.6 is 0 Å². The van der Waals surface area contributed by atoms with Gasteiger partial charge in [-0.2, -0.15) is 13.2 Å². The molecule has 0 bridgehead atoms. The van der Waals surface area contributed by atoms with E-state index < -0.39 is 29.6 Å². The van der Waals surface area contributed by atoms with E-state index >= 15 is 0 Å². The van der Waals surface area contributed by atoms with E-state index in [0.717, 1.165) is 17.2 Å². The van der Waals surface area contributed by atoms with Crippen molar-refractivity contribution in [2.75, 3.05) is 6.54 Å². The minimum absolute atomic E-state index is 0.123. The van der Waals surface area contributed by atoms with E-state index in [4.69, 9.17) is 4.98 Å². The summed E-state index contributed by atoms with van der Waals surface area (Å²) in [6, 6.07) is 21.2. The average Bonchev–Trinajstić information content (AvgIpc) is 2.91. The van der Waals surface area contributed by atoms with Crippen LogP contribution in [0.15, 0.2) is 83.7 Å². The largest absolute Gasteiger partial charge is 0.416 e. The Bertz CT molecular complexity index is 1490. The molecule has 39 heavy (non-hydrogen) atoms. The fourth-order valence-electron chi connectivity index (χ4n) is 5.56. The van der Waals surface area contributed by atoms with Gasteiger partial charge in [-0.3, -0.25) is 14.3 Å². The minimum atomic E-state index is -4.62. The Labute approximate surface area is 224 Å². The van der Waals surface area contributed by atoms with Crippen LogP contribution in [0.1, 0.15) is 71.2 Å². The van der Waals surface area contributed by atoms with Crippen molar-refractivity contribution in [3.8, 4) is 0 Å². The summed E-state index contributed by atoms with van der Waals surface area (Å²) in [5, 5.41) is 0. The van der Waals surface area contributed by atoms with Crippen LogP contribution in [0.25, 0.3) is 0 Å². The first-order chi connectivity index (χ1) is 18.6. The second-order valence-electron chi connectivity index (χ2n) is 10.2. The van der Waals surface area contributed by atoms with Crippen LogP contribution in [0.5, 0.6) is 0 Å². The van der Waals surface area contributed by atoms with Gasteiger partial charge in [-0.05, 0) is 37.1 Å². The lowest BCUT2D eigenvalue weighted by Crippen LogP contribution is -2.42. The van der Waals surface area contributed by atoms with E-state index in [1.807, 2.05) is 79.4 Å². The molecule has 1 aliphatic heterocycles. The highest BCUT2D eigenvalue weighted by molar-refractivity contribution is 5.36. The molecule has 0 saturated carbocycles. The first-order valence-electron chi connectivity index (χ1n) is 12.9. The topological polar surface area (TPSA) is 38.1 Å². The Morgan fingerprint density at radius 1 is 0.949 bits per heavy atom. The Balaban J connectivity index is 1.57. The van der Waals surface area contributed by atoms with Gasteiger partial charge in [0, 0.05) is 30.6 Å². The van der Waals surface area contributed by atoms with E-state index in [1.165, 1.54) is 6.07 Å². The zero-order chi connectivity index (χ0) is 27.9. The summed E-state index contributed by atoms with van der Waals surface area (Å²) < 4.78 is 55.8. The van der Waals surface area contributed by atoms with Crippen molar-refractivity contribution in [3.63, 3.8) is 0 Å². The fourth-order valence-corrected chi connectivity index (χ4v) is 5.56. The molecule has 0 radical (unpaired) electrons. The van der Waals surface area contributed by atoms with Gasteiger partial charge in [-0.25, -0.2) is 9.37 Å². The number of hydrogen-bond donors (Lipinski definition) is 0. The summed E-state index contributed by atoms with van der Waals surface area (Å²) in [6.07, 6.45) is -4.62. The summed E-state index contributed by atoms with van der Waals surface area (Å²) in [5.41, 5.74) is 2.08. The van der Waals surface area contributed by atoms with Crippen LogP contribution in [-0.2, 0) is 12.7 Å². The monoisotopic (exact) mass is 535 g/mol. The molecule has 4 nitrogen and oxygen atoms in total. The molecule has 2 unspecified atom stereocenters. The summed E-state index contributed by atoms with van der Waals surface area (Å²) in [7, 11) is 0. The van der Waals surface area contributed by atoms with E-state index in [0.29, 0.717) is 29.7 Å². The number of alkyl halides is 3. The van der Waals surface area contributed by atoms with Gasteiger partial charge in [-0.15, -0.1) is 0 Å². The Kier molecular flexibility index (Phi) is 7.16. The summed E-state index contributed by atoms with van der Waals surface area (Å²) in [4.78, 5) is 21.0. The molecule has 0 saturated heterocycles. The second-order valence-corrected chi connectivity index (χ2v) is 10.2. The van der Waals surface area contributed by atoms with Gasteiger partial charge < -0.3 is 0 Å². The molecule has 1 aliphatic rings. The quantitative estimate of drug-likeness (QED) is 0.258. The number of aromatic nitrogens is 2. The number of benzene rings is 3. The lowest BCUT2D eigenvalue weighted by atomic mass is 9.93. The molecule has 0 amide bonds. The number of hydrogen-bond acceptors (Lipinski definition) is 3. The molecule has 0 fully saturated rings. The van der Waals surface area contributed by atoms with Crippen molar-refractivity contribution in [1.29, 1.82) is 0 Å². The van der Waals surface area contributed by atoms with Crippen molar-refractivity contribution in [2.24, 2.45) is 0 Å². The highest BCUT2D eigenvalue weighted by Crippen LogP contribution is 2.36. The van der Waals surface area contributed by atoms with Crippen LogP contribution in [-0.4, -0.2) is 21.0 Å². The van der Waals surface area contributed by atoms with Crippen molar-refractivity contribution in [2.45, 2.75) is 51.5 Å². The molecule has 3 aromatic carbocycles. The standard InChI is InChI=1S/C31H29F4N3O/c1-19-17-37(20(2)25-15-14-24(16-27(25)32)31(33,34)35)18-26-28(19)36-21(3)38(30(26)39)29(22-10-6-4-7-11-22)23-12-8-5-9-13-23/h4-16,19-20,29H,17-18H2,1-3H3. The third kappa shape index (κ3) is 5.13. The fraction of sp³-hybridized carbons (Fsp3) is 0.290. The number of nitrogens with zero attached hydrogens (tertiary/aromatic N) is 3. The van der Waals surface area contributed by atoms with Crippen molar-refractivity contribution in [1.82, 2.24) is 14.5 Å². The molecule has 2 atom stereocenters. The van der Waals surface area contributed by atoms with Gasteiger partial charge in [0.15, 0.2) is 0 Å². The summed E-state index contributed by atoms with van der Waals surface area (Å²) in [5.74, 6) is -0.441. The summed E-state index contributed by atoms with van der Waals surface area (Å²) in [6.45, 7) is 6.25. The molecule has 0 spiro atoms. The minimum Gasteiger partial charge on any atom is -0.291 e. The van der Waals surface area contributed by atoms with Crippen molar-refractivity contribution >= 4 is 0 Å². The SMILES string of the molecule is Cc1nc2c(c(=O)n1C(c1ccccc1)c1ccccc1)CN(C(C)c1ccc(C(F)(F)F)cc1F)CC2C. The molecule has 1 aromatic heterocycles. The molecule has 202 valence electrons. The molecule has 4 aromatic rings. The lowest BCUT2D eigenvalue weighted by Gasteiger charge is -2.37. The maximum Gasteiger partial charge on any atom is 0.416 e. The van der Waals surface area contributed by atoms with E-state index in [-0.39, 0.29) is 23.6 Å². The van der Waals surface area contributed by atoms with E-state index in [2.05, 4.69) is 0 Å². The van der Waals surface area contributed by atoms with Crippen LogP contribution in [0.2, 0.25) is 0 Å². The third-order valence-corrected chi connectivity index (χ3v) is 7.57. The van der Waals surface area contributed by atoms with Crippen LogP contribution in [0.3, 0.4) is 0 Å². The first-order valence-corrected chi connectivity index (χ1v) is 12.9. The molecule has 0 aliphatic carbocycles. The molecule has 2 heterocycles. The number of rotatable bonds is 5. The highest BCUT2D eigenvalue weighted by atomic mass is 19.4. The first kappa shape index (κ1) is 26.8. The van der Waals surface area contributed by atoms with Gasteiger partial charge >= 0.3 is 6.18 Å². The smallest absolute Gasteiger partial charge is 0.291 e. The third-order valence-electron chi connectivity index (χ3n) is 7.57. The molecular weight excluding hydrogens is 506 g/mol. The van der Waals surface area contributed by atoms with E-state index in [1.54, 1.807) is 11.5 Å². The molecule has 5 rings (SSSR count). The van der Waals surface area contributed by atoms with Gasteiger partial charge in [0.1, 0.15) is 11.6 Å². The maximum atomic E-state index is 14.9. The molecule has 0 N–H and O–H groups in total. The van der Waals surface area contributed by atoms with Crippen molar-refractivity contribution in [3.05, 3.63) is 134 Å². The zero-order valence-corrected chi connectivity index (χ0v) is 21.9. The second kappa shape index (κ2) is 10.4. The zero-order valence-electron chi connectivity index (χ0n) is 21.9. The normalized spacial score (nSPS) is 16.8. The molecular formula is C31H29F4N3O. The predicted molar refractivity (Wildman–Crippen MR) is 142 cm³/mol. The van der Waals surface area contributed by atoms with Gasteiger partial charge in [0.05, 0.1) is 22.9 Å². The van der Waals surface area contributed by atoms with Crippen molar-refractivity contribution < 1.29 is 17.6 Å². The number of fused-ring (bicyclic) bond motifs is 1. The van der Waals surface area contributed by atoms with Crippen LogP contribution in [0.4, 0.5) is 17.6 Å². The number of aryl methyl sites for hydroxylation is 1. The average molecular weight is 536 g/mol. The predicted octanol–water partition coefficient (Wildman–Crippen LogP) is 7.03. The van der Waals surface area contributed by atoms with Gasteiger partial charge in [0.2, 0.25) is 0 Å². The Hall–Kier alpha value is -3.78. The van der Waals surface area contributed by atoms with Gasteiger partial charge in [0.25, 0.3) is 5.56 Å². The van der Waals surface area contributed by atoms with Gasteiger partial charge in [-0.1, -0.05) is 73.7 Å². The Morgan fingerprint density at radius 3 is 2.08 bits per heavy atom. The highest BCUT2D eigenvalue weighted by Gasteiger charge is 2.35. The lowest BCUT2D eigenvalue weighted by molar-refractivity contribution is -0.137. The number of halogens is 4. The van der Waals surface area contributed by atoms with E-state index in [9.17, 15) is 22.4 Å². The van der Waals surface area contributed by atoms with Crippen LogP contribution < -0.4 is 5.56 Å². The Morgan fingerprint density at radius 2 is 1.54 bits per heavy atom.